The Hall–Kier alpha value is -2.85. The van der Waals surface area contributed by atoms with E-state index in [4.69, 9.17) is 4.74 Å². The molecule has 1 N–H and O–H groups in total. The number of carbonyl (C=O) groups is 1. The third-order valence-corrected chi connectivity index (χ3v) is 6.26. The van der Waals surface area contributed by atoms with Gasteiger partial charge in [-0.1, -0.05) is 11.8 Å². The minimum absolute atomic E-state index is 0.0978. The maximum atomic E-state index is 12.4. The SMILES string of the molecule is COc1ccc(-c2nc(SCC(=O)c3ccc(N(C)S(C)(=O)=O)cc3)n[nH]2)cc1. The number of benzene rings is 2. The van der Waals surface area contributed by atoms with Gasteiger partial charge in [0.2, 0.25) is 15.2 Å². The van der Waals surface area contributed by atoms with Gasteiger partial charge < -0.3 is 4.74 Å². The van der Waals surface area contributed by atoms with Gasteiger partial charge in [-0.05, 0) is 48.5 Å². The predicted molar refractivity (Wildman–Crippen MR) is 113 cm³/mol. The second-order valence-corrected chi connectivity index (χ2v) is 9.14. The Bertz CT molecular complexity index is 1090. The number of Topliss-reactive ketones (excluding diaryl/α,β-unsaturated/α-hetero) is 1. The van der Waals surface area contributed by atoms with Gasteiger partial charge in [0.25, 0.3) is 0 Å². The minimum atomic E-state index is -3.34. The molecule has 3 rings (SSSR count). The fraction of sp³-hybridized carbons (Fsp3) is 0.211. The summed E-state index contributed by atoms with van der Waals surface area (Å²) in [6, 6.07) is 13.8. The molecule has 0 bridgehead atoms. The first-order valence-electron chi connectivity index (χ1n) is 8.54. The Morgan fingerprint density at radius 2 is 1.79 bits per heavy atom. The number of rotatable bonds is 8. The minimum Gasteiger partial charge on any atom is -0.497 e. The highest BCUT2D eigenvalue weighted by Gasteiger charge is 2.14. The molecule has 1 heterocycles. The number of aromatic nitrogens is 3. The molecule has 0 radical (unpaired) electrons. The molecule has 0 fully saturated rings. The molecule has 3 aromatic rings. The van der Waals surface area contributed by atoms with Crippen LogP contribution in [0, 0.1) is 0 Å². The fourth-order valence-corrected chi connectivity index (χ4v) is 3.65. The lowest BCUT2D eigenvalue weighted by Gasteiger charge is -2.16. The third kappa shape index (κ3) is 5.15. The number of nitrogens with one attached hydrogen (secondary N) is 1. The quantitative estimate of drug-likeness (QED) is 0.431. The van der Waals surface area contributed by atoms with Crippen LogP contribution in [0.4, 0.5) is 5.69 Å². The molecule has 0 aliphatic heterocycles. The Balaban J connectivity index is 1.61. The van der Waals surface area contributed by atoms with Crippen molar-refractivity contribution in [2.75, 3.05) is 30.5 Å². The number of hydrogen-bond donors (Lipinski definition) is 1. The summed E-state index contributed by atoms with van der Waals surface area (Å²) in [6.07, 6.45) is 1.12. The summed E-state index contributed by atoms with van der Waals surface area (Å²) in [7, 11) is -0.275. The lowest BCUT2D eigenvalue weighted by Crippen LogP contribution is -2.24. The van der Waals surface area contributed by atoms with Crippen LogP contribution in [-0.4, -0.2) is 55.5 Å². The van der Waals surface area contributed by atoms with E-state index < -0.39 is 10.0 Å². The van der Waals surface area contributed by atoms with Gasteiger partial charge in [0, 0.05) is 18.2 Å². The number of H-pyrrole nitrogens is 1. The largest absolute Gasteiger partial charge is 0.497 e. The molecule has 29 heavy (non-hydrogen) atoms. The average Bonchev–Trinajstić information content (AvgIpc) is 3.20. The highest BCUT2D eigenvalue weighted by atomic mass is 32.2. The monoisotopic (exact) mass is 432 g/mol. The number of hydrogen-bond acceptors (Lipinski definition) is 7. The van der Waals surface area contributed by atoms with Crippen LogP contribution >= 0.6 is 11.8 Å². The number of carbonyl (C=O) groups excluding carboxylic acids is 1. The number of sulfonamides is 1. The van der Waals surface area contributed by atoms with Gasteiger partial charge in [0.15, 0.2) is 11.6 Å². The lowest BCUT2D eigenvalue weighted by molar-refractivity contribution is 0.102. The zero-order chi connectivity index (χ0) is 21.0. The normalized spacial score (nSPS) is 11.3. The molecule has 0 saturated heterocycles. The first kappa shape index (κ1) is 20.9. The first-order valence-corrected chi connectivity index (χ1v) is 11.4. The Labute approximate surface area is 173 Å². The van der Waals surface area contributed by atoms with E-state index in [-0.39, 0.29) is 11.5 Å². The second kappa shape index (κ2) is 8.66. The van der Waals surface area contributed by atoms with Crippen molar-refractivity contribution in [3.05, 3.63) is 54.1 Å². The Morgan fingerprint density at radius 1 is 1.14 bits per heavy atom. The highest BCUT2D eigenvalue weighted by molar-refractivity contribution is 7.99. The van der Waals surface area contributed by atoms with E-state index in [0.717, 1.165) is 21.9 Å². The molecule has 0 spiro atoms. The maximum absolute atomic E-state index is 12.4. The number of thioether (sulfide) groups is 1. The summed E-state index contributed by atoms with van der Waals surface area (Å²) in [5, 5.41) is 7.47. The van der Waals surface area contributed by atoms with Crippen molar-refractivity contribution in [1.82, 2.24) is 15.2 Å². The maximum Gasteiger partial charge on any atom is 0.231 e. The number of aromatic amines is 1. The van der Waals surface area contributed by atoms with Gasteiger partial charge in [-0.3, -0.25) is 14.2 Å². The van der Waals surface area contributed by atoms with Crippen molar-refractivity contribution >= 4 is 33.3 Å². The van der Waals surface area contributed by atoms with E-state index in [0.29, 0.717) is 22.2 Å². The second-order valence-electron chi connectivity index (χ2n) is 6.18. The number of nitrogens with zero attached hydrogens (tertiary/aromatic N) is 3. The zero-order valence-corrected chi connectivity index (χ0v) is 17.8. The molecular weight excluding hydrogens is 412 g/mol. The Kier molecular flexibility index (Phi) is 6.23. The van der Waals surface area contributed by atoms with Crippen LogP contribution in [0.1, 0.15) is 10.4 Å². The van der Waals surface area contributed by atoms with Gasteiger partial charge in [-0.2, -0.15) is 0 Å². The van der Waals surface area contributed by atoms with Gasteiger partial charge in [0.1, 0.15) is 5.75 Å². The van der Waals surface area contributed by atoms with Crippen LogP contribution in [0.2, 0.25) is 0 Å². The summed E-state index contributed by atoms with van der Waals surface area (Å²) < 4.78 is 29.4. The van der Waals surface area contributed by atoms with E-state index in [9.17, 15) is 13.2 Å². The van der Waals surface area contributed by atoms with Crippen molar-refractivity contribution in [3.63, 3.8) is 0 Å². The number of ether oxygens (including phenoxy) is 1. The molecule has 2 aromatic carbocycles. The zero-order valence-electron chi connectivity index (χ0n) is 16.1. The first-order chi connectivity index (χ1) is 13.8. The van der Waals surface area contributed by atoms with Crippen LogP contribution in [0.3, 0.4) is 0 Å². The fourth-order valence-electron chi connectivity index (χ4n) is 2.45. The van der Waals surface area contributed by atoms with Crippen molar-refractivity contribution in [1.29, 1.82) is 0 Å². The molecule has 0 saturated carbocycles. The summed E-state index contributed by atoms with van der Waals surface area (Å²) in [5.41, 5.74) is 1.85. The van der Waals surface area contributed by atoms with Crippen LogP contribution in [0.15, 0.2) is 53.7 Å². The van der Waals surface area contributed by atoms with Crippen molar-refractivity contribution in [2.45, 2.75) is 5.16 Å². The molecule has 8 nitrogen and oxygen atoms in total. The van der Waals surface area contributed by atoms with Crippen LogP contribution in [0.5, 0.6) is 5.75 Å². The standard InChI is InChI=1S/C19H20N4O4S2/c1-23(29(3,25)26)15-8-4-13(5-9-15)17(24)12-28-19-20-18(21-22-19)14-6-10-16(27-2)11-7-14/h4-11H,12H2,1-3H3,(H,20,21,22). The summed E-state index contributed by atoms with van der Waals surface area (Å²) >= 11 is 1.23. The Morgan fingerprint density at radius 3 is 2.38 bits per heavy atom. The predicted octanol–water partition coefficient (Wildman–Crippen LogP) is 2.85. The van der Waals surface area contributed by atoms with Gasteiger partial charge in [-0.15, -0.1) is 5.10 Å². The van der Waals surface area contributed by atoms with Crippen molar-refractivity contribution in [2.24, 2.45) is 0 Å². The summed E-state index contributed by atoms with van der Waals surface area (Å²) in [6.45, 7) is 0. The van der Waals surface area contributed by atoms with E-state index in [1.807, 2.05) is 24.3 Å². The molecule has 10 heteroatoms. The van der Waals surface area contributed by atoms with Crippen LogP contribution in [0.25, 0.3) is 11.4 Å². The molecule has 0 amide bonds. The van der Waals surface area contributed by atoms with Crippen LogP contribution < -0.4 is 9.04 Å². The molecule has 0 aliphatic carbocycles. The molecule has 152 valence electrons. The van der Waals surface area contributed by atoms with E-state index in [1.165, 1.54) is 18.8 Å². The van der Waals surface area contributed by atoms with Gasteiger partial charge >= 0.3 is 0 Å². The smallest absolute Gasteiger partial charge is 0.231 e. The van der Waals surface area contributed by atoms with Gasteiger partial charge in [0.05, 0.1) is 24.8 Å². The van der Waals surface area contributed by atoms with Crippen molar-refractivity contribution < 1.29 is 17.9 Å². The highest BCUT2D eigenvalue weighted by Crippen LogP contribution is 2.23. The summed E-state index contributed by atoms with van der Waals surface area (Å²) in [4.78, 5) is 16.8. The van der Waals surface area contributed by atoms with E-state index >= 15 is 0 Å². The van der Waals surface area contributed by atoms with Gasteiger partial charge in [-0.25, -0.2) is 13.4 Å². The van der Waals surface area contributed by atoms with E-state index in [2.05, 4.69) is 15.2 Å². The number of methoxy groups -OCH3 is 1. The summed E-state index contributed by atoms with van der Waals surface area (Å²) in [5.74, 6) is 1.43. The number of ketones is 1. The molecule has 0 aliphatic rings. The molecular formula is C19H20N4O4S2. The molecule has 1 aromatic heterocycles. The average molecular weight is 433 g/mol. The third-order valence-electron chi connectivity index (χ3n) is 4.21. The topological polar surface area (TPSA) is 105 Å². The van der Waals surface area contributed by atoms with Crippen LogP contribution in [-0.2, 0) is 10.0 Å². The van der Waals surface area contributed by atoms with E-state index in [1.54, 1.807) is 31.4 Å². The number of anilines is 1. The lowest BCUT2D eigenvalue weighted by atomic mass is 10.1. The molecule has 0 unspecified atom stereocenters. The molecule has 0 atom stereocenters. The van der Waals surface area contributed by atoms with Crippen molar-refractivity contribution in [3.8, 4) is 17.1 Å².